The zero-order valence-electron chi connectivity index (χ0n) is 14.4. The van der Waals surface area contributed by atoms with Gasteiger partial charge in [-0.15, -0.1) is 11.8 Å². The minimum Gasteiger partial charge on any atom is -0.508 e. The lowest BCUT2D eigenvalue weighted by molar-refractivity contribution is -0.129. The predicted octanol–water partition coefficient (Wildman–Crippen LogP) is 3.90. The Bertz CT molecular complexity index is 692. The van der Waals surface area contributed by atoms with Crippen molar-refractivity contribution in [2.75, 3.05) is 26.0 Å². The minimum absolute atomic E-state index is 0.199. The molecule has 0 aliphatic carbocycles. The van der Waals surface area contributed by atoms with Crippen molar-refractivity contribution >= 4 is 17.7 Å². The van der Waals surface area contributed by atoms with E-state index < -0.39 is 0 Å². The molecular weight excluding hydrogens is 334 g/mol. The monoisotopic (exact) mass is 357 g/mol. The molecular formula is C20H23NO3S. The number of thioether (sulfide) groups is 1. The molecule has 0 radical (unpaired) electrons. The van der Waals surface area contributed by atoms with Gasteiger partial charge < -0.3 is 14.7 Å². The molecule has 1 amide bonds. The molecule has 1 aliphatic rings. The number of hydrogen-bond acceptors (Lipinski definition) is 4. The molecule has 1 saturated heterocycles. The van der Waals surface area contributed by atoms with Gasteiger partial charge in [-0.25, -0.2) is 0 Å². The highest BCUT2D eigenvalue weighted by Gasteiger charge is 2.23. The van der Waals surface area contributed by atoms with Crippen molar-refractivity contribution in [2.45, 2.75) is 23.7 Å². The maximum atomic E-state index is 12.4. The van der Waals surface area contributed by atoms with E-state index in [0.29, 0.717) is 17.4 Å². The van der Waals surface area contributed by atoms with Crippen LogP contribution in [0.5, 0.6) is 11.5 Å². The second kappa shape index (κ2) is 8.30. The van der Waals surface area contributed by atoms with Gasteiger partial charge in [-0.1, -0.05) is 12.1 Å². The van der Waals surface area contributed by atoms with Gasteiger partial charge in [0.2, 0.25) is 5.91 Å². The number of hydrogen-bond donors (Lipinski definition) is 1. The number of aromatic hydroxyl groups is 1. The van der Waals surface area contributed by atoms with Crippen LogP contribution in [0, 0.1) is 0 Å². The molecule has 1 N–H and O–H groups in total. The number of piperidine rings is 1. The smallest absolute Gasteiger partial charge is 0.232 e. The Balaban J connectivity index is 1.47. The first-order valence-corrected chi connectivity index (χ1v) is 9.48. The lowest BCUT2D eigenvalue weighted by Crippen LogP contribution is -2.38. The summed E-state index contributed by atoms with van der Waals surface area (Å²) in [6.07, 6.45) is 1.95. The lowest BCUT2D eigenvalue weighted by atomic mass is 9.89. The molecule has 25 heavy (non-hydrogen) atoms. The third kappa shape index (κ3) is 4.69. The number of ether oxygens (including phenoxy) is 1. The number of carbonyl (C=O) groups excluding carboxylic acids is 1. The van der Waals surface area contributed by atoms with Gasteiger partial charge in [0.1, 0.15) is 11.5 Å². The zero-order chi connectivity index (χ0) is 17.6. The van der Waals surface area contributed by atoms with Crippen LogP contribution in [0.15, 0.2) is 53.4 Å². The summed E-state index contributed by atoms with van der Waals surface area (Å²) < 4.78 is 5.14. The molecule has 132 valence electrons. The number of benzene rings is 2. The topological polar surface area (TPSA) is 49.8 Å². The fourth-order valence-electron chi connectivity index (χ4n) is 3.12. The third-order valence-corrected chi connectivity index (χ3v) is 5.63. The quantitative estimate of drug-likeness (QED) is 0.825. The van der Waals surface area contributed by atoms with Gasteiger partial charge in [-0.2, -0.15) is 0 Å². The number of phenols is 1. The molecule has 2 aromatic carbocycles. The third-order valence-electron chi connectivity index (χ3n) is 4.63. The molecule has 5 heteroatoms. The van der Waals surface area contributed by atoms with Gasteiger partial charge in [0.25, 0.3) is 0 Å². The summed E-state index contributed by atoms with van der Waals surface area (Å²) in [6, 6.07) is 15.2. The van der Waals surface area contributed by atoms with Gasteiger partial charge in [0, 0.05) is 18.0 Å². The van der Waals surface area contributed by atoms with Gasteiger partial charge in [0.15, 0.2) is 0 Å². The number of nitrogens with zero attached hydrogens (tertiary/aromatic N) is 1. The van der Waals surface area contributed by atoms with Gasteiger partial charge >= 0.3 is 0 Å². The van der Waals surface area contributed by atoms with Crippen LogP contribution in [-0.2, 0) is 4.79 Å². The van der Waals surface area contributed by atoms with E-state index in [1.165, 1.54) is 5.56 Å². The Morgan fingerprint density at radius 3 is 2.36 bits per heavy atom. The van der Waals surface area contributed by atoms with Crippen LogP contribution in [0.3, 0.4) is 0 Å². The number of methoxy groups -OCH3 is 1. The number of phenolic OH excluding ortho intramolecular Hbond substituents is 1. The van der Waals surface area contributed by atoms with E-state index in [0.717, 1.165) is 36.6 Å². The average Bonchev–Trinajstić information content (AvgIpc) is 2.67. The molecule has 4 nitrogen and oxygen atoms in total. The summed E-state index contributed by atoms with van der Waals surface area (Å²) in [7, 11) is 1.65. The Kier molecular flexibility index (Phi) is 5.87. The second-order valence-corrected chi connectivity index (χ2v) is 7.26. The normalized spacial score (nSPS) is 15.2. The van der Waals surface area contributed by atoms with Crippen molar-refractivity contribution in [2.24, 2.45) is 0 Å². The van der Waals surface area contributed by atoms with Crippen molar-refractivity contribution < 1.29 is 14.6 Å². The van der Waals surface area contributed by atoms with E-state index in [2.05, 4.69) is 0 Å². The van der Waals surface area contributed by atoms with Crippen molar-refractivity contribution in [3.8, 4) is 11.5 Å². The maximum absolute atomic E-state index is 12.4. The first kappa shape index (κ1) is 17.7. The van der Waals surface area contributed by atoms with E-state index in [1.54, 1.807) is 31.0 Å². The molecule has 2 aromatic rings. The van der Waals surface area contributed by atoms with Gasteiger partial charge in [-0.05, 0) is 60.7 Å². The fraction of sp³-hybridized carbons (Fsp3) is 0.350. The van der Waals surface area contributed by atoms with Crippen LogP contribution in [0.25, 0.3) is 0 Å². The summed E-state index contributed by atoms with van der Waals surface area (Å²) >= 11 is 1.57. The SMILES string of the molecule is COc1ccc(SCC(=O)N2CCC(c3ccc(O)cc3)CC2)cc1. The fourth-order valence-corrected chi connectivity index (χ4v) is 3.92. The van der Waals surface area contributed by atoms with Gasteiger partial charge in [0.05, 0.1) is 12.9 Å². The molecule has 1 fully saturated rings. The Morgan fingerprint density at radius 2 is 1.76 bits per heavy atom. The minimum atomic E-state index is 0.199. The number of carbonyl (C=O) groups is 1. The van der Waals surface area contributed by atoms with Crippen LogP contribution in [0.2, 0.25) is 0 Å². The highest BCUT2D eigenvalue weighted by Crippen LogP contribution is 2.29. The molecule has 0 saturated carbocycles. The predicted molar refractivity (Wildman–Crippen MR) is 100 cm³/mol. The van der Waals surface area contributed by atoms with Crippen molar-refractivity contribution in [3.05, 3.63) is 54.1 Å². The summed E-state index contributed by atoms with van der Waals surface area (Å²) in [6.45, 7) is 1.60. The van der Waals surface area contributed by atoms with Crippen LogP contribution >= 0.6 is 11.8 Å². The number of amides is 1. The standard InChI is InChI=1S/C20H23NO3S/c1-24-18-6-8-19(9-7-18)25-14-20(23)21-12-10-16(11-13-21)15-2-4-17(22)5-3-15/h2-9,16,22H,10-14H2,1H3. The second-order valence-electron chi connectivity index (χ2n) is 6.21. The summed E-state index contributed by atoms with van der Waals surface area (Å²) in [4.78, 5) is 15.5. The van der Waals surface area contributed by atoms with Crippen LogP contribution in [0.1, 0.15) is 24.3 Å². The lowest BCUT2D eigenvalue weighted by Gasteiger charge is -2.32. The Hall–Kier alpha value is -2.14. The molecule has 3 rings (SSSR count). The van der Waals surface area contributed by atoms with E-state index in [-0.39, 0.29) is 5.91 Å². The van der Waals surface area contributed by atoms with E-state index in [9.17, 15) is 9.90 Å². The van der Waals surface area contributed by atoms with Crippen LogP contribution < -0.4 is 4.74 Å². The van der Waals surface area contributed by atoms with E-state index in [4.69, 9.17) is 4.74 Å². The molecule has 1 heterocycles. The summed E-state index contributed by atoms with van der Waals surface area (Å²) in [5, 5.41) is 9.39. The van der Waals surface area contributed by atoms with Crippen molar-refractivity contribution in [1.82, 2.24) is 4.90 Å². The van der Waals surface area contributed by atoms with Crippen molar-refractivity contribution in [3.63, 3.8) is 0 Å². The van der Waals surface area contributed by atoms with Gasteiger partial charge in [-0.3, -0.25) is 4.79 Å². The average molecular weight is 357 g/mol. The van der Waals surface area contributed by atoms with Crippen molar-refractivity contribution in [1.29, 1.82) is 0 Å². The Labute approximate surface area is 152 Å². The van der Waals surface area contributed by atoms with Crippen LogP contribution in [-0.4, -0.2) is 41.9 Å². The molecule has 0 bridgehead atoms. The zero-order valence-corrected chi connectivity index (χ0v) is 15.2. The molecule has 0 unspecified atom stereocenters. The van der Waals surface area contributed by atoms with Crippen LogP contribution in [0.4, 0.5) is 0 Å². The molecule has 0 aromatic heterocycles. The first-order chi connectivity index (χ1) is 12.2. The highest BCUT2D eigenvalue weighted by molar-refractivity contribution is 8.00. The molecule has 0 atom stereocenters. The number of likely N-dealkylation sites (tertiary alicyclic amines) is 1. The first-order valence-electron chi connectivity index (χ1n) is 8.49. The summed E-state index contributed by atoms with van der Waals surface area (Å²) in [5.41, 5.74) is 1.25. The maximum Gasteiger partial charge on any atom is 0.232 e. The highest BCUT2D eigenvalue weighted by atomic mass is 32.2. The largest absolute Gasteiger partial charge is 0.508 e. The van der Waals surface area contributed by atoms with E-state index in [1.807, 2.05) is 41.3 Å². The molecule has 0 spiro atoms. The number of rotatable bonds is 5. The molecule has 1 aliphatic heterocycles. The van der Waals surface area contributed by atoms with E-state index >= 15 is 0 Å². The Morgan fingerprint density at radius 1 is 1.12 bits per heavy atom. The summed E-state index contributed by atoms with van der Waals surface area (Å²) in [5.74, 6) is 2.26.